The molecule has 2 N–H and O–H groups in total. The number of morpholine rings is 1. The van der Waals surface area contributed by atoms with Crippen LogP contribution in [0, 0.1) is 6.92 Å². The monoisotopic (exact) mass is 393 g/mol. The molecule has 0 saturated carbocycles. The molecule has 0 aliphatic carbocycles. The Morgan fingerprint density at radius 1 is 1.14 bits per heavy atom. The van der Waals surface area contributed by atoms with Gasteiger partial charge in [-0.3, -0.25) is 4.79 Å². The summed E-state index contributed by atoms with van der Waals surface area (Å²) in [7, 11) is 0. The molecule has 1 fully saturated rings. The van der Waals surface area contributed by atoms with E-state index in [1.165, 1.54) is 0 Å². The molecule has 3 heterocycles. The number of nitrogens with zero attached hydrogens (tertiary/aromatic N) is 3. The fourth-order valence-corrected chi connectivity index (χ4v) is 3.19. The molecule has 4 rings (SSSR count). The van der Waals surface area contributed by atoms with Gasteiger partial charge >= 0.3 is 0 Å². The Labute approximate surface area is 168 Å². The number of nitrogens with one attached hydrogen (secondary N) is 2. The summed E-state index contributed by atoms with van der Waals surface area (Å²) in [6.07, 6.45) is 1.74. The molecule has 2 aromatic heterocycles. The van der Waals surface area contributed by atoms with E-state index < -0.39 is 6.04 Å². The SMILES string of the molecule is Cc1cc(NC(=O)[C@H](Nc2ccc(N3CCOCC3)nc2)c2ccccc2)no1. The molecule has 0 unspecified atom stereocenters. The van der Waals surface area contributed by atoms with Crippen molar-refractivity contribution in [3.05, 3.63) is 66.1 Å². The number of ether oxygens (including phenoxy) is 1. The second-order valence-electron chi connectivity index (χ2n) is 6.80. The smallest absolute Gasteiger partial charge is 0.252 e. The van der Waals surface area contributed by atoms with Crippen LogP contribution in [0.1, 0.15) is 17.4 Å². The Kier molecular flexibility index (Phi) is 5.71. The maximum Gasteiger partial charge on any atom is 0.252 e. The highest BCUT2D eigenvalue weighted by Crippen LogP contribution is 2.23. The van der Waals surface area contributed by atoms with Crippen molar-refractivity contribution in [2.45, 2.75) is 13.0 Å². The van der Waals surface area contributed by atoms with Crippen molar-refractivity contribution in [1.29, 1.82) is 0 Å². The van der Waals surface area contributed by atoms with Crippen LogP contribution in [0.3, 0.4) is 0 Å². The lowest BCUT2D eigenvalue weighted by molar-refractivity contribution is -0.117. The van der Waals surface area contributed by atoms with E-state index in [0.29, 0.717) is 24.8 Å². The average Bonchev–Trinajstić information content (AvgIpc) is 3.18. The van der Waals surface area contributed by atoms with E-state index in [-0.39, 0.29) is 5.91 Å². The third kappa shape index (κ3) is 4.72. The van der Waals surface area contributed by atoms with Gasteiger partial charge in [-0.2, -0.15) is 0 Å². The molecule has 3 aromatic rings. The maximum atomic E-state index is 12.9. The van der Waals surface area contributed by atoms with Gasteiger partial charge in [0.05, 0.1) is 25.1 Å². The van der Waals surface area contributed by atoms with E-state index in [1.807, 2.05) is 42.5 Å². The maximum absolute atomic E-state index is 12.9. The highest BCUT2D eigenvalue weighted by Gasteiger charge is 2.22. The van der Waals surface area contributed by atoms with Crippen molar-refractivity contribution < 1.29 is 14.1 Å². The fraction of sp³-hybridized carbons (Fsp3) is 0.286. The Morgan fingerprint density at radius 3 is 2.59 bits per heavy atom. The number of aryl methyl sites for hydroxylation is 1. The molecule has 1 aliphatic rings. The molecule has 8 heteroatoms. The highest BCUT2D eigenvalue weighted by atomic mass is 16.5. The van der Waals surface area contributed by atoms with Crippen LogP contribution in [0.5, 0.6) is 0 Å². The molecular weight excluding hydrogens is 370 g/mol. The summed E-state index contributed by atoms with van der Waals surface area (Å²) >= 11 is 0. The average molecular weight is 393 g/mol. The van der Waals surface area contributed by atoms with Gasteiger partial charge in [0.15, 0.2) is 5.82 Å². The number of aromatic nitrogens is 2. The number of hydrogen-bond acceptors (Lipinski definition) is 7. The predicted molar refractivity (Wildman–Crippen MR) is 110 cm³/mol. The largest absolute Gasteiger partial charge is 0.378 e. The number of anilines is 3. The van der Waals surface area contributed by atoms with Crippen LogP contribution in [0.15, 0.2) is 59.3 Å². The lowest BCUT2D eigenvalue weighted by Crippen LogP contribution is -2.36. The van der Waals surface area contributed by atoms with E-state index in [9.17, 15) is 4.79 Å². The molecule has 0 radical (unpaired) electrons. The first-order valence-electron chi connectivity index (χ1n) is 9.53. The molecule has 0 bridgehead atoms. The minimum atomic E-state index is -0.607. The van der Waals surface area contributed by atoms with Gasteiger partial charge in [0.2, 0.25) is 0 Å². The van der Waals surface area contributed by atoms with E-state index in [1.54, 1.807) is 19.2 Å². The third-order valence-electron chi connectivity index (χ3n) is 4.67. The number of rotatable bonds is 6. The quantitative estimate of drug-likeness (QED) is 0.665. The number of pyridine rings is 1. The number of carbonyl (C=O) groups is 1. The molecule has 29 heavy (non-hydrogen) atoms. The topological polar surface area (TPSA) is 92.5 Å². The van der Waals surface area contributed by atoms with E-state index in [2.05, 4.69) is 25.7 Å². The summed E-state index contributed by atoms with van der Waals surface area (Å²) in [5.41, 5.74) is 1.59. The lowest BCUT2D eigenvalue weighted by atomic mass is 10.1. The number of carbonyl (C=O) groups excluding carboxylic acids is 1. The number of benzene rings is 1. The number of hydrogen-bond donors (Lipinski definition) is 2. The zero-order chi connectivity index (χ0) is 20.1. The highest BCUT2D eigenvalue weighted by molar-refractivity contribution is 5.96. The van der Waals surface area contributed by atoms with Crippen LogP contribution in [-0.2, 0) is 9.53 Å². The van der Waals surface area contributed by atoms with E-state index >= 15 is 0 Å². The van der Waals surface area contributed by atoms with Crippen LogP contribution in [0.2, 0.25) is 0 Å². The van der Waals surface area contributed by atoms with Crippen molar-refractivity contribution >= 4 is 23.2 Å². The minimum Gasteiger partial charge on any atom is -0.378 e. The van der Waals surface area contributed by atoms with Gasteiger partial charge in [0, 0.05) is 19.2 Å². The molecule has 1 aromatic carbocycles. The predicted octanol–water partition coefficient (Wildman–Crippen LogP) is 3.01. The second-order valence-corrected chi connectivity index (χ2v) is 6.80. The zero-order valence-corrected chi connectivity index (χ0v) is 16.2. The third-order valence-corrected chi connectivity index (χ3v) is 4.67. The summed E-state index contributed by atoms with van der Waals surface area (Å²) in [6, 6.07) is 14.5. The summed E-state index contributed by atoms with van der Waals surface area (Å²) in [5, 5.41) is 9.91. The molecule has 150 valence electrons. The number of amides is 1. The van der Waals surface area contributed by atoms with Crippen LogP contribution < -0.4 is 15.5 Å². The van der Waals surface area contributed by atoms with Gasteiger partial charge in [-0.25, -0.2) is 4.98 Å². The van der Waals surface area contributed by atoms with Crippen LogP contribution in [-0.4, -0.2) is 42.4 Å². The summed E-state index contributed by atoms with van der Waals surface area (Å²) in [6.45, 7) is 4.84. The van der Waals surface area contributed by atoms with E-state index in [4.69, 9.17) is 9.26 Å². The van der Waals surface area contributed by atoms with Gasteiger partial charge in [0.25, 0.3) is 5.91 Å². The van der Waals surface area contributed by atoms with Gasteiger partial charge < -0.3 is 24.8 Å². The first kappa shape index (κ1) is 18.9. The fourth-order valence-electron chi connectivity index (χ4n) is 3.19. The van der Waals surface area contributed by atoms with E-state index in [0.717, 1.165) is 30.2 Å². The summed E-state index contributed by atoms with van der Waals surface area (Å²) in [5.74, 6) is 1.68. The Balaban J connectivity index is 1.51. The van der Waals surface area contributed by atoms with Crippen molar-refractivity contribution in [3.63, 3.8) is 0 Å². The van der Waals surface area contributed by atoms with Crippen molar-refractivity contribution in [1.82, 2.24) is 10.1 Å². The van der Waals surface area contributed by atoms with Gasteiger partial charge in [-0.05, 0) is 24.6 Å². The van der Waals surface area contributed by atoms with Crippen molar-refractivity contribution in [2.24, 2.45) is 0 Å². The lowest BCUT2D eigenvalue weighted by Gasteiger charge is -2.28. The molecule has 1 atom stereocenters. The summed E-state index contributed by atoms with van der Waals surface area (Å²) in [4.78, 5) is 19.7. The van der Waals surface area contributed by atoms with Gasteiger partial charge in [-0.15, -0.1) is 0 Å². The Hall–Kier alpha value is -3.39. The molecular formula is C21H23N5O3. The molecule has 1 saturated heterocycles. The zero-order valence-electron chi connectivity index (χ0n) is 16.2. The summed E-state index contributed by atoms with van der Waals surface area (Å²) < 4.78 is 10.4. The second kappa shape index (κ2) is 8.74. The van der Waals surface area contributed by atoms with Gasteiger partial charge in [-0.1, -0.05) is 35.5 Å². The molecule has 0 spiro atoms. The Bertz CT molecular complexity index is 936. The van der Waals surface area contributed by atoms with Crippen molar-refractivity contribution in [2.75, 3.05) is 41.8 Å². The van der Waals surface area contributed by atoms with Crippen molar-refractivity contribution in [3.8, 4) is 0 Å². The van der Waals surface area contributed by atoms with Crippen LogP contribution in [0.4, 0.5) is 17.3 Å². The standard InChI is InChI=1S/C21H23N5O3/c1-15-13-18(25-29-15)24-21(27)20(16-5-3-2-4-6-16)23-17-7-8-19(22-14-17)26-9-11-28-12-10-26/h2-8,13-14,20,23H,9-12H2,1H3,(H,24,25,27)/t20-/m1/s1. The normalized spacial score (nSPS) is 15.0. The molecule has 1 amide bonds. The minimum absolute atomic E-state index is 0.234. The molecule has 8 nitrogen and oxygen atoms in total. The van der Waals surface area contributed by atoms with Crippen LogP contribution in [0.25, 0.3) is 0 Å². The van der Waals surface area contributed by atoms with Gasteiger partial charge in [0.1, 0.15) is 17.6 Å². The molecule has 1 aliphatic heterocycles. The first-order chi connectivity index (χ1) is 14.2. The first-order valence-corrected chi connectivity index (χ1v) is 9.53. The van der Waals surface area contributed by atoms with Crippen LogP contribution >= 0.6 is 0 Å². The Morgan fingerprint density at radius 2 is 1.93 bits per heavy atom.